The van der Waals surface area contributed by atoms with Crippen LogP contribution in [0.25, 0.3) is 0 Å². The Bertz CT molecular complexity index is 1520. The summed E-state index contributed by atoms with van der Waals surface area (Å²) in [6.45, 7) is 12.9. The van der Waals surface area contributed by atoms with E-state index in [-0.39, 0.29) is 16.7 Å². The molecule has 2 heterocycles. The van der Waals surface area contributed by atoms with Gasteiger partial charge in [0.1, 0.15) is 5.00 Å². The molecule has 0 spiro atoms. The van der Waals surface area contributed by atoms with E-state index in [1.54, 1.807) is 16.4 Å². The minimum atomic E-state index is -3.67. The summed E-state index contributed by atoms with van der Waals surface area (Å²) >= 11 is 1.48. The summed E-state index contributed by atoms with van der Waals surface area (Å²) in [6, 6.07) is 16.5. The Morgan fingerprint density at radius 2 is 1.48 bits per heavy atom. The van der Waals surface area contributed by atoms with Gasteiger partial charge in [0, 0.05) is 56.3 Å². The normalized spacial score (nSPS) is 13.5. The molecule has 1 aliphatic heterocycles. The van der Waals surface area contributed by atoms with Gasteiger partial charge in [0.05, 0.1) is 10.5 Å². The van der Waals surface area contributed by atoms with Crippen molar-refractivity contribution in [1.29, 1.82) is 0 Å². The van der Waals surface area contributed by atoms with Crippen LogP contribution in [0.1, 0.15) is 103 Å². The average molecular weight is 667 g/mol. The first kappa shape index (κ1) is 35.8. The Labute approximate surface area is 279 Å². The second kappa shape index (κ2) is 17.2. The molecule has 1 aliphatic rings. The van der Waals surface area contributed by atoms with Crippen molar-refractivity contribution in [3.63, 3.8) is 0 Å². The van der Waals surface area contributed by atoms with Crippen molar-refractivity contribution in [3.05, 3.63) is 81.7 Å². The molecule has 10 heteroatoms. The maximum absolute atomic E-state index is 14.0. The monoisotopic (exact) mass is 666 g/mol. The summed E-state index contributed by atoms with van der Waals surface area (Å²) in [5.41, 5.74) is 3.24. The van der Waals surface area contributed by atoms with E-state index in [0.29, 0.717) is 48.9 Å². The number of hydrogen-bond acceptors (Lipinski definition) is 6. The summed E-state index contributed by atoms with van der Waals surface area (Å²) in [4.78, 5) is 33.2. The molecule has 1 N–H and O–H groups in total. The summed E-state index contributed by atoms with van der Waals surface area (Å²) < 4.78 is 28.4. The van der Waals surface area contributed by atoms with Gasteiger partial charge < -0.3 is 10.2 Å². The second-order valence-electron chi connectivity index (χ2n) is 12.0. The van der Waals surface area contributed by atoms with Crippen molar-refractivity contribution in [2.24, 2.45) is 0 Å². The Balaban J connectivity index is 1.59. The van der Waals surface area contributed by atoms with Gasteiger partial charge in [0.15, 0.2) is 0 Å². The van der Waals surface area contributed by atoms with Gasteiger partial charge >= 0.3 is 0 Å². The lowest BCUT2D eigenvalue weighted by molar-refractivity contribution is 0.0755. The fourth-order valence-corrected chi connectivity index (χ4v) is 8.68. The van der Waals surface area contributed by atoms with Crippen LogP contribution < -0.4 is 5.32 Å². The first-order valence-electron chi connectivity index (χ1n) is 16.8. The summed E-state index contributed by atoms with van der Waals surface area (Å²) in [5, 5.41) is 3.63. The third-order valence-corrected chi connectivity index (χ3v) is 11.4. The number of amides is 2. The lowest BCUT2D eigenvalue weighted by Crippen LogP contribution is -2.35. The molecule has 250 valence electrons. The molecule has 2 aromatic carbocycles. The zero-order chi connectivity index (χ0) is 33.1. The quantitative estimate of drug-likeness (QED) is 0.162. The molecule has 8 nitrogen and oxygen atoms in total. The van der Waals surface area contributed by atoms with Gasteiger partial charge in [-0.1, -0.05) is 70.9 Å². The van der Waals surface area contributed by atoms with Gasteiger partial charge in [-0.25, -0.2) is 8.42 Å². The molecular weight excluding hydrogens is 617 g/mol. The molecule has 0 radical (unpaired) electrons. The number of nitrogens with one attached hydrogen (secondary N) is 1. The van der Waals surface area contributed by atoms with E-state index in [9.17, 15) is 18.0 Å². The van der Waals surface area contributed by atoms with Crippen LogP contribution in [0, 0.1) is 0 Å². The standard InChI is InChI=1S/C36H50N4O4S2/c1-5-9-23-40(24-10-6-2)46(43,44)30-18-16-29(17-19-30)34(41)37-35-33(36(42)39(21-7-3)22-8-4)31-20-25-38(27-32(31)45-35)26-28-14-12-11-13-15-28/h11-19H,5-10,20-27H2,1-4H3,(H,37,41). The molecular formula is C36H50N4O4S2. The highest BCUT2D eigenvalue weighted by molar-refractivity contribution is 7.89. The Hall–Kier alpha value is -3.05. The zero-order valence-electron chi connectivity index (χ0n) is 27.9. The molecule has 1 aromatic heterocycles. The highest BCUT2D eigenvalue weighted by Gasteiger charge is 2.31. The molecule has 0 fully saturated rings. The van der Waals surface area contributed by atoms with Gasteiger partial charge in [0.25, 0.3) is 11.8 Å². The van der Waals surface area contributed by atoms with Crippen LogP contribution in [0.15, 0.2) is 59.5 Å². The molecule has 0 bridgehead atoms. The molecule has 46 heavy (non-hydrogen) atoms. The predicted octanol–water partition coefficient (Wildman–Crippen LogP) is 7.41. The molecule has 0 saturated carbocycles. The Morgan fingerprint density at radius 3 is 2.07 bits per heavy atom. The molecule has 0 aliphatic carbocycles. The van der Waals surface area contributed by atoms with E-state index in [0.717, 1.165) is 68.5 Å². The fourth-order valence-electron chi connectivity index (χ4n) is 5.88. The maximum Gasteiger partial charge on any atom is 0.257 e. The van der Waals surface area contributed by atoms with Crippen LogP contribution in [0.5, 0.6) is 0 Å². The zero-order valence-corrected chi connectivity index (χ0v) is 29.5. The van der Waals surface area contributed by atoms with Crippen LogP contribution in [0.2, 0.25) is 0 Å². The van der Waals surface area contributed by atoms with Crippen molar-refractivity contribution in [1.82, 2.24) is 14.1 Å². The number of nitrogens with zero attached hydrogens (tertiary/aromatic N) is 3. The predicted molar refractivity (Wildman–Crippen MR) is 188 cm³/mol. The van der Waals surface area contributed by atoms with Crippen LogP contribution in [-0.2, 0) is 29.5 Å². The molecule has 2 amide bonds. The van der Waals surface area contributed by atoms with Crippen LogP contribution in [-0.4, -0.2) is 67.1 Å². The molecule has 0 atom stereocenters. The first-order chi connectivity index (χ1) is 22.2. The molecule has 3 aromatic rings. The first-order valence-corrected chi connectivity index (χ1v) is 19.1. The Kier molecular flexibility index (Phi) is 13.4. The Morgan fingerprint density at radius 1 is 0.848 bits per heavy atom. The van der Waals surface area contributed by atoms with E-state index in [2.05, 4.69) is 36.2 Å². The average Bonchev–Trinajstić information content (AvgIpc) is 3.41. The van der Waals surface area contributed by atoms with Crippen molar-refractivity contribution in [2.45, 2.75) is 90.6 Å². The minimum Gasteiger partial charge on any atom is -0.339 e. The van der Waals surface area contributed by atoms with Gasteiger partial charge in [-0.2, -0.15) is 4.31 Å². The summed E-state index contributed by atoms with van der Waals surface area (Å²) in [7, 11) is -3.67. The topological polar surface area (TPSA) is 90.0 Å². The number of anilines is 1. The minimum absolute atomic E-state index is 0.0336. The lowest BCUT2D eigenvalue weighted by atomic mass is 10.0. The van der Waals surface area contributed by atoms with E-state index in [1.807, 2.05) is 36.9 Å². The number of carbonyl (C=O) groups excluding carboxylic acids is 2. The second-order valence-corrected chi connectivity index (χ2v) is 15.1. The number of carbonyl (C=O) groups is 2. The van der Waals surface area contributed by atoms with Crippen LogP contribution in [0.3, 0.4) is 0 Å². The van der Waals surface area contributed by atoms with Crippen molar-refractivity contribution >= 4 is 38.2 Å². The molecule has 4 rings (SSSR count). The van der Waals surface area contributed by atoms with Crippen molar-refractivity contribution in [2.75, 3.05) is 38.0 Å². The smallest absolute Gasteiger partial charge is 0.257 e. The van der Waals surface area contributed by atoms with Crippen LogP contribution in [0.4, 0.5) is 5.00 Å². The number of benzene rings is 2. The summed E-state index contributed by atoms with van der Waals surface area (Å²) in [6.07, 6.45) is 5.87. The van der Waals surface area contributed by atoms with E-state index in [1.165, 1.54) is 29.0 Å². The highest BCUT2D eigenvalue weighted by atomic mass is 32.2. The van der Waals surface area contributed by atoms with Gasteiger partial charge in [-0.3, -0.25) is 14.5 Å². The number of unbranched alkanes of at least 4 members (excludes halogenated alkanes) is 2. The fraction of sp³-hybridized carbons (Fsp3) is 0.500. The van der Waals surface area contributed by atoms with Gasteiger partial charge in [-0.15, -0.1) is 11.3 Å². The number of hydrogen-bond donors (Lipinski definition) is 1. The molecule has 0 unspecified atom stereocenters. The number of thiophene rings is 1. The highest BCUT2D eigenvalue weighted by Crippen LogP contribution is 2.39. The SMILES string of the molecule is CCCCN(CCCC)S(=O)(=O)c1ccc(C(=O)Nc2sc3c(c2C(=O)N(CCC)CCC)CCN(Cc2ccccc2)C3)cc1. The largest absolute Gasteiger partial charge is 0.339 e. The van der Waals surface area contributed by atoms with E-state index < -0.39 is 10.0 Å². The number of sulfonamides is 1. The third kappa shape index (κ3) is 8.85. The van der Waals surface area contributed by atoms with E-state index >= 15 is 0 Å². The summed E-state index contributed by atoms with van der Waals surface area (Å²) in [5.74, 6) is -0.391. The lowest BCUT2D eigenvalue weighted by Gasteiger charge is -2.28. The molecule has 0 saturated heterocycles. The third-order valence-electron chi connectivity index (χ3n) is 8.38. The van der Waals surface area contributed by atoms with Crippen LogP contribution >= 0.6 is 11.3 Å². The van der Waals surface area contributed by atoms with Crippen molar-refractivity contribution in [3.8, 4) is 0 Å². The van der Waals surface area contributed by atoms with Crippen molar-refractivity contribution < 1.29 is 18.0 Å². The maximum atomic E-state index is 14.0. The van der Waals surface area contributed by atoms with Gasteiger partial charge in [0.2, 0.25) is 10.0 Å². The number of fused-ring (bicyclic) bond motifs is 1. The number of rotatable bonds is 17. The van der Waals surface area contributed by atoms with Gasteiger partial charge in [-0.05, 0) is 67.5 Å². The van der Waals surface area contributed by atoms with E-state index in [4.69, 9.17) is 0 Å².